The van der Waals surface area contributed by atoms with Crippen molar-refractivity contribution in [1.29, 1.82) is 0 Å². The van der Waals surface area contributed by atoms with Crippen molar-refractivity contribution in [2.45, 2.75) is 31.5 Å². The molecule has 0 fully saturated rings. The minimum absolute atomic E-state index is 0.190. The summed E-state index contributed by atoms with van der Waals surface area (Å²) in [6, 6.07) is 4.54. The molecule has 0 aliphatic carbocycles. The van der Waals surface area contributed by atoms with Gasteiger partial charge in [-0.25, -0.2) is 9.78 Å². The lowest BCUT2D eigenvalue weighted by Crippen LogP contribution is -2.27. The van der Waals surface area contributed by atoms with Gasteiger partial charge in [-0.1, -0.05) is 30.0 Å². The van der Waals surface area contributed by atoms with E-state index in [1.807, 2.05) is 13.2 Å². The molecule has 148 valence electrons. The number of hydrogen-bond acceptors (Lipinski definition) is 9. The molecule has 2 aromatic heterocycles. The number of hydrogen-bond donors (Lipinski definition) is 2. The zero-order chi connectivity index (χ0) is 20.3. The van der Waals surface area contributed by atoms with Crippen LogP contribution in [-0.2, 0) is 9.53 Å². The largest absolute Gasteiger partial charge is 0.462 e. The maximum absolute atomic E-state index is 12.8. The van der Waals surface area contributed by atoms with Crippen molar-refractivity contribution in [2.75, 3.05) is 23.9 Å². The van der Waals surface area contributed by atoms with E-state index in [0.29, 0.717) is 34.4 Å². The number of rotatable bonds is 7. The summed E-state index contributed by atoms with van der Waals surface area (Å²) in [4.78, 5) is 29.1. The van der Waals surface area contributed by atoms with E-state index < -0.39 is 6.04 Å². The van der Waals surface area contributed by atoms with Gasteiger partial charge in [-0.15, -0.1) is 10.2 Å². The number of amides is 1. The molecule has 1 unspecified atom stereocenters. The number of nitrogens with two attached hydrogens (primary N) is 1. The number of esters is 1. The molecule has 0 bridgehead atoms. The first-order chi connectivity index (χ1) is 13.5. The summed E-state index contributed by atoms with van der Waals surface area (Å²) in [7, 11) is 0. The molecule has 3 aromatic rings. The predicted octanol–water partition coefficient (Wildman–Crippen LogP) is 2.96. The quantitative estimate of drug-likeness (QED) is 0.441. The van der Waals surface area contributed by atoms with E-state index in [9.17, 15) is 9.59 Å². The summed E-state index contributed by atoms with van der Waals surface area (Å²) in [5, 5.41) is 11.7. The van der Waals surface area contributed by atoms with E-state index in [-0.39, 0.29) is 17.8 Å². The second-order valence-corrected chi connectivity index (χ2v) is 7.55. The van der Waals surface area contributed by atoms with Gasteiger partial charge in [-0.2, -0.15) is 0 Å². The second-order valence-electron chi connectivity index (χ2n) is 5.75. The number of carbonyl (C=O) groups is 2. The molecule has 0 aliphatic heterocycles. The Morgan fingerprint density at radius 2 is 2.14 bits per heavy atom. The fourth-order valence-corrected chi connectivity index (χ4v) is 4.16. The van der Waals surface area contributed by atoms with Crippen LogP contribution in [0.25, 0.3) is 10.2 Å². The molecule has 1 amide bonds. The monoisotopic (exact) mass is 420 g/mol. The van der Waals surface area contributed by atoms with Crippen molar-refractivity contribution in [3.05, 3.63) is 23.8 Å². The van der Waals surface area contributed by atoms with Crippen LogP contribution in [0.4, 0.5) is 11.1 Å². The van der Waals surface area contributed by atoms with Crippen molar-refractivity contribution in [1.82, 2.24) is 19.7 Å². The fraction of sp³-hybridized carbons (Fsp3) is 0.353. The number of aromatic nitrogens is 4. The number of nitrogens with zero attached hydrogens (tertiary/aromatic N) is 4. The number of ether oxygens (including phenoxy) is 1. The van der Waals surface area contributed by atoms with Crippen molar-refractivity contribution in [2.24, 2.45) is 0 Å². The number of benzene rings is 1. The molecule has 0 saturated carbocycles. The van der Waals surface area contributed by atoms with Gasteiger partial charge in [0.1, 0.15) is 6.04 Å². The van der Waals surface area contributed by atoms with Crippen molar-refractivity contribution in [3.63, 3.8) is 0 Å². The summed E-state index contributed by atoms with van der Waals surface area (Å²) >= 11 is 2.65. The number of nitrogen functional groups attached to an aromatic ring is 1. The van der Waals surface area contributed by atoms with Gasteiger partial charge in [-0.05, 0) is 37.8 Å². The molecule has 9 nitrogen and oxygen atoms in total. The number of thiazole rings is 1. The van der Waals surface area contributed by atoms with E-state index in [1.54, 1.807) is 29.7 Å². The Labute approximate surface area is 169 Å². The zero-order valence-corrected chi connectivity index (χ0v) is 17.3. The highest BCUT2D eigenvalue weighted by Crippen LogP contribution is 2.29. The third kappa shape index (κ3) is 3.94. The van der Waals surface area contributed by atoms with Gasteiger partial charge in [-0.3, -0.25) is 9.36 Å². The molecule has 28 heavy (non-hydrogen) atoms. The number of thioether (sulfide) groups is 1. The standard InChI is InChI=1S/C17H20N6O3S2/c1-4-11(23-15(18)21-22-17(23)27-3)13(24)20-16-19-10-7-6-9(8-12(10)28-16)14(25)26-5-2/h6-8,11H,4-5H2,1-3H3,(H2,18,21)(H,19,20,24). The van der Waals surface area contributed by atoms with E-state index in [2.05, 4.69) is 20.5 Å². The third-order valence-corrected chi connectivity index (χ3v) is 5.58. The topological polar surface area (TPSA) is 125 Å². The molecule has 0 radical (unpaired) electrons. The minimum Gasteiger partial charge on any atom is -0.462 e. The summed E-state index contributed by atoms with van der Waals surface area (Å²) in [6.07, 6.45) is 2.36. The molecule has 1 atom stereocenters. The molecule has 0 aliphatic rings. The Morgan fingerprint density at radius 1 is 1.36 bits per heavy atom. The lowest BCUT2D eigenvalue weighted by molar-refractivity contribution is -0.119. The number of fused-ring (bicyclic) bond motifs is 1. The molecular formula is C17H20N6O3S2. The van der Waals surface area contributed by atoms with Crippen LogP contribution < -0.4 is 11.1 Å². The molecule has 0 spiro atoms. The van der Waals surface area contributed by atoms with E-state index >= 15 is 0 Å². The Balaban J connectivity index is 1.83. The molecular weight excluding hydrogens is 400 g/mol. The summed E-state index contributed by atoms with van der Waals surface area (Å²) in [5.41, 5.74) is 7.03. The van der Waals surface area contributed by atoms with Crippen LogP contribution in [-0.4, -0.2) is 44.5 Å². The second kappa shape index (κ2) is 8.57. The van der Waals surface area contributed by atoms with Gasteiger partial charge < -0.3 is 15.8 Å². The van der Waals surface area contributed by atoms with E-state index in [1.165, 1.54) is 23.1 Å². The molecule has 0 saturated heterocycles. The van der Waals surface area contributed by atoms with E-state index in [4.69, 9.17) is 10.5 Å². The maximum atomic E-state index is 12.8. The van der Waals surface area contributed by atoms with Gasteiger partial charge in [0.05, 0.1) is 22.4 Å². The van der Waals surface area contributed by atoms with Crippen LogP contribution in [0.3, 0.4) is 0 Å². The van der Waals surface area contributed by atoms with Crippen molar-refractivity contribution < 1.29 is 14.3 Å². The Bertz CT molecular complexity index is 1020. The Hall–Kier alpha value is -2.66. The first kappa shape index (κ1) is 20.1. The maximum Gasteiger partial charge on any atom is 0.338 e. The highest BCUT2D eigenvalue weighted by Gasteiger charge is 2.25. The number of nitrogens with one attached hydrogen (secondary N) is 1. The van der Waals surface area contributed by atoms with Gasteiger partial charge >= 0.3 is 5.97 Å². The van der Waals surface area contributed by atoms with E-state index in [0.717, 1.165) is 4.70 Å². The van der Waals surface area contributed by atoms with Gasteiger partial charge in [0.2, 0.25) is 11.9 Å². The van der Waals surface area contributed by atoms with Gasteiger partial charge in [0.15, 0.2) is 10.3 Å². The SMILES string of the molecule is CCOC(=O)c1ccc2nc(NC(=O)C(CC)n3c(N)nnc3SC)sc2c1. The molecule has 1 aromatic carbocycles. The van der Waals surface area contributed by atoms with Crippen LogP contribution in [0.5, 0.6) is 0 Å². The predicted molar refractivity (Wildman–Crippen MR) is 110 cm³/mol. The lowest BCUT2D eigenvalue weighted by Gasteiger charge is -2.17. The van der Waals surface area contributed by atoms with Crippen LogP contribution >= 0.6 is 23.1 Å². The number of carbonyl (C=O) groups excluding carboxylic acids is 2. The van der Waals surface area contributed by atoms with Crippen LogP contribution in [0.15, 0.2) is 23.4 Å². The summed E-state index contributed by atoms with van der Waals surface area (Å²) < 4.78 is 7.41. The minimum atomic E-state index is -0.556. The Kier molecular flexibility index (Phi) is 6.15. The number of anilines is 2. The van der Waals surface area contributed by atoms with Crippen LogP contribution in [0.1, 0.15) is 36.7 Å². The van der Waals surface area contributed by atoms with Gasteiger partial charge in [0, 0.05) is 0 Å². The summed E-state index contributed by atoms with van der Waals surface area (Å²) in [5.74, 6) is -0.453. The molecule has 11 heteroatoms. The fourth-order valence-electron chi connectivity index (χ4n) is 2.71. The molecule has 2 heterocycles. The molecule has 3 rings (SSSR count). The zero-order valence-electron chi connectivity index (χ0n) is 15.6. The summed E-state index contributed by atoms with van der Waals surface area (Å²) in [6.45, 7) is 3.95. The average molecular weight is 421 g/mol. The first-order valence-electron chi connectivity index (χ1n) is 8.61. The highest BCUT2D eigenvalue weighted by atomic mass is 32.2. The normalized spacial score (nSPS) is 12.1. The van der Waals surface area contributed by atoms with Crippen molar-refractivity contribution in [3.8, 4) is 0 Å². The van der Waals surface area contributed by atoms with Crippen LogP contribution in [0, 0.1) is 0 Å². The average Bonchev–Trinajstić information content (AvgIpc) is 3.25. The van der Waals surface area contributed by atoms with Crippen LogP contribution in [0.2, 0.25) is 0 Å². The first-order valence-corrected chi connectivity index (χ1v) is 10.7. The third-order valence-electron chi connectivity index (χ3n) is 4.00. The van der Waals surface area contributed by atoms with Gasteiger partial charge in [0.25, 0.3) is 0 Å². The van der Waals surface area contributed by atoms with Crippen molar-refractivity contribution >= 4 is 56.3 Å². The Morgan fingerprint density at radius 3 is 2.82 bits per heavy atom. The molecule has 3 N–H and O–H groups in total. The smallest absolute Gasteiger partial charge is 0.338 e. The highest BCUT2D eigenvalue weighted by molar-refractivity contribution is 7.98. The lowest BCUT2D eigenvalue weighted by atomic mass is 10.2.